The molecule has 2 aromatic rings. The molecule has 0 spiro atoms. The van der Waals surface area contributed by atoms with E-state index in [1.54, 1.807) is 0 Å². The lowest BCUT2D eigenvalue weighted by Gasteiger charge is -2.33. The summed E-state index contributed by atoms with van der Waals surface area (Å²) in [5.74, 6) is -4.86. The zero-order chi connectivity index (χ0) is 28.7. The molecule has 2 aromatic heterocycles. The van der Waals surface area contributed by atoms with Crippen molar-refractivity contribution in [3.8, 4) is 0 Å². The molecule has 40 heavy (non-hydrogen) atoms. The van der Waals surface area contributed by atoms with E-state index in [0.717, 1.165) is 17.7 Å². The number of hydrogen-bond donors (Lipinski definition) is 3. The summed E-state index contributed by atoms with van der Waals surface area (Å²) in [7, 11) is 0. The van der Waals surface area contributed by atoms with Crippen molar-refractivity contribution in [3.63, 3.8) is 0 Å². The van der Waals surface area contributed by atoms with Gasteiger partial charge in [-0.2, -0.15) is 13.2 Å². The highest BCUT2D eigenvalue weighted by Crippen LogP contribution is 2.41. The van der Waals surface area contributed by atoms with E-state index < -0.39 is 67.3 Å². The van der Waals surface area contributed by atoms with Crippen molar-refractivity contribution in [1.82, 2.24) is 30.8 Å². The number of pyridine rings is 1. The third kappa shape index (κ3) is 6.31. The van der Waals surface area contributed by atoms with Crippen LogP contribution in [0, 0.1) is 5.92 Å². The summed E-state index contributed by atoms with van der Waals surface area (Å²) in [6.07, 6.45) is -2.58. The van der Waals surface area contributed by atoms with Crippen molar-refractivity contribution in [2.45, 2.75) is 75.2 Å². The Bertz CT molecular complexity index is 1270. The van der Waals surface area contributed by atoms with Gasteiger partial charge in [-0.1, -0.05) is 5.16 Å². The quantitative estimate of drug-likeness (QED) is 0.413. The first-order valence-electron chi connectivity index (χ1n) is 12.8. The van der Waals surface area contributed by atoms with Crippen molar-refractivity contribution in [1.29, 1.82) is 0 Å². The number of nitrogens with one attached hydrogen (secondary N) is 3. The number of carbonyl (C=O) groups is 3. The maximum absolute atomic E-state index is 13.8. The first kappa shape index (κ1) is 27.7. The molecule has 0 radical (unpaired) electrons. The molecule has 16 heteroatoms. The normalized spacial score (nSPS) is 22.1. The molecule has 1 aliphatic heterocycles. The lowest BCUT2D eigenvalue weighted by atomic mass is 9.81. The fourth-order valence-corrected chi connectivity index (χ4v) is 4.96. The molecule has 0 unspecified atom stereocenters. The second kappa shape index (κ2) is 10.6. The van der Waals surface area contributed by atoms with Crippen molar-refractivity contribution in [3.05, 3.63) is 35.3 Å². The van der Waals surface area contributed by atoms with E-state index in [4.69, 9.17) is 4.63 Å². The number of aromatic nitrogens is 3. The molecular weight excluding hydrogens is 545 g/mol. The minimum Gasteiger partial charge on any atom is -0.338 e. The zero-order valence-corrected chi connectivity index (χ0v) is 21.0. The van der Waals surface area contributed by atoms with Crippen molar-refractivity contribution >= 4 is 23.7 Å². The van der Waals surface area contributed by atoms with Crippen LogP contribution < -0.4 is 16.0 Å². The number of alkyl halides is 5. The molecule has 0 aromatic carbocycles. The van der Waals surface area contributed by atoms with E-state index in [-0.39, 0.29) is 36.8 Å². The first-order chi connectivity index (χ1) is 18.9. The van der Waals surface area contributed by atoms with Crippen LogP contribution in [0.2, 0.25) is 0 Å². The molecule has 3 N–H and O–H groups in total. The molecule has 11 nitrogen and oxygen atoms in total. The molecule has 1 saturated heterocycles. The van der Waals surface area contributed by atoms with Gasteiger partial charge in [-0.05, 0) is 54.5 Å². The van der Waals surface area contributed by atoms with Crippen LogP contribution in [0.3, 0.4) is 0 Å². The minimum absolute atomic E-state index is 0.0108. The fraction of sp³-hybridized carbons (Fsp3) is 0.583. The van der Waals surface area contributed by atoms with Crippen LogP contribution >= 0.6 is 0 Å². The van der Waals surface area contributed by atoms with E-state index in [1.165, 1.54) is 18.3 Å². The second-order valence-corrected chi connectivity index (χ2v) is 10.4. The predicted octanol–water partition coefficient (Wildman–Crippen LogP) is 3.36. The highest BCUT2D eigenvalue weighted by molar-refractivity contribution is 6.00. The Morgan fingerprint density at radius 3 is 2.55 bits per heavy atom. The van der Waals surface area contributed by atoms with Gasteiger partial charge in [-0.3, -0.25) is 9.59 Å². The number of carbonyl (C=O) groups excluding carboxylic acids is 3. The summed E-state index contributed by atoms with van der Waals surface area (Å²) in [6.45, 7) is -0.753. The van der Waals surface area contributed by atoms with Crippen LogP contribution in [-0.4, -0.2) is 68.8 Å². The number of anilines is 1. The smallest absolute Gasteiger partial charge is 0.338 e. The van der Waals surface area contributed by atoms with Crippen LogP contribution in [0.25, 0.3) is 0 Å². The SMILES string of the molecule is O=C(N[C@@H](C(=O)Nc1cc(CN2C[C@@H](C(F)(F)F)NC2=O)ccn1)C1CCC(F)(F)CC1)c1nonc1C1CC1. The molecule has 2 saturated carbocycles. The summed E-state index contributed by atoms with van der Waals surface area (Å²) in [6, 6.07) is -1.23. The van der Waals surface area contributed by atoms with Crippen molar-refractivity contribution < 1.29 is 41.0 Å². The lowest BCUT2D eigenvalue weighted by Crippen LogP contribution is -2.50. The molecule has 2 aliphatic carbocycles. The monoisotopic (exact) mass is 571 g/mol. The first-order valence-corrected chi connectivity index (χ1v) is 12.8. The van der Waals surface area contributed by atoms with Gasteiger partial charge in [0.15, 0.2) is 5.69 Å². The Balaban J connectivity index is 1.29. The number of urea groups is 1. The van der Waals surface area contributed by atoms with Crippen molar-refractivity contribution in [2.24, 2.45) is 5.92 Å². The van der Waals surface area contributed by atoms with E-state index in [2.05, 4.69) is 25.9 Å². The van der Waals surface area contributed by atoms with Gasteiger partial charge in [0.2, 0.25) is 11.8 Å². The molecule has 3 aliphatic rings. The maximum atomic E-state index is 13.8. The average Bonchev–Trinajstić information content (AvgIpc) is 3.48. The molecule has 0 bridgehead atoms. The lowest BCUT2D eigenvalue weighted by molar-refractivity contribution is -0.149. The van der Waals surface area contributed by atoms with Crippen LogP contribution in [0.1, 0.15) is 66.2 Å². The number of rotatable bonds is 8. The van der Waals surface area contributed by atoms with E-state index >= 15 is 0 Å². The highest BCUT2D eigenvalue weighted by Gasteiger charge is 2.47. The number of hydrogen-bond acceptors (Lipinski definition) is 7. The van der Waals surface area contributed by atoms with Crippen LogP contribution in [0.15, 0.2) is 23.0 Å². The Kier molecular flexibility index (Phi) is 7.35. The standard InChI is InChI=1S/C24H26F5N7O4/c25-23(26)6-3-14(4-7-23)18(33-21(38)19-17(13-1-2-13)34-40-35-19)20(37)32-16-9-12(5-8-30-16)10-36-11-15(24(27,28)29)31-22(36)39/h5,8-9,13-15,18H,1-4,6-7,10-11H2,(H,31,39)(H,33,38)(H,30,32,37)/t15-,18+/m0/s1. The topological polar surface area (TPSA) is 142 Å². The minimum atomic E-state index is -4.59. The highest BCUT2D eigenvalue weighted by atomic mass is 19.4. The fourth-order valence-electron chi connectivity index (χ4n) is 4.96. The van der Waals surface area contributed by atoms with Crippen molar-refractivity contribution in [2.75, 3.05) is 11.9 Å². The van der Waals surface area contributed by atoms with E-state index in [0.29, 0.717) is 11.3 Å². The average molecular weight is 572 g/mol. The third-order valence-corrected chi connectivity index (χ3v) is 7.33. The summed E-state index contributed by atoms with van der Waals surface area (Å²) in [5, 5.41) is 14.5. The van der Waals surface area contributed by atoms with Crippen LogP contribution in [-0.2, 0) is 11.3 Å². The zero-order valence-electron chi connectivity index (χ0n) is 21.0. The Morgan fingerprint density at radius 1 is 1.18 bits per heavy atom. The van der Waals surface area contributed by atoms with E-state index in [1.807, 2.05) is 5.32 Å². The summed E-state index contributed by atoms with van der Waals surface area (Å²) < 4.78 is 71.3. The van der Waals surface area contributed by atoms with Gasteiger partial charge in [0, 0.05) is 31.5 Å². The van der Waals surface area contributed by atoms with Crippen LogP contribution in [0.5, 0.6) is 0 Å². The van der Waals surface area contributed by atoms with Gasteiger partial charge in [0.1, 0.15) is 23.6 Å². The maximum Gasteiger partial charge on any atom is 0.410 e. The van der Waals surface area contributed by atoms with Gasteiger partial charge < -0.3 is 20.9 Å². The van der Waals surface area contributed by atoms with Gasteiger partial charge in [0.25, 0.3) is 5.91 Å². The van der Waals surface area contributed by atoms with Crippen LogP contribution in [0.4, 0.5) is 32.6 Å². The number of nitrogens with zero attached hydrogens (tertiary/aromatic N) is 4. The van der Waals surface area contributed by atoms with Gasteiger partial charge >= 0.3 is 12.2 Å². The molecule has 3 fully saturated rings. The molecule has 3 heterocycles. The predicted molar refractivity (Wildman–Crippen MR) is 126 cm³/mol. The molecule has 4 amide bonds. The second-order valence-electron chi connectivity index (χ2n) is 10.4. The Morgan fingerprint density at radius 2 is 1.90 bits per heavy atom. The molecule has 216 valence electrons. The summed E-state index contributed by atoms with van der Waals surface area (Å²) in [4.78, 5) is 43.4. The third-order valence-electron chi connectivity index (χ3n) is 7.33. The van der Waals surface area contributed by atoms with Gasteiger partial charge in [0.05, 0.1) is 6.54 Å². The van der Waals surface area contributed by atoms with E-state index in [9.17, 15) is 36.3 Å². The summed E-state index contributed by atoms with van der Waals surface area (Å²) in [5.41, 5.74) is 0.700. The number of halogens is 5. The van der Waals surface area contributed by atoms with Gasteiger partial charge in [-0.15, -0.1) is 0 Å². The Labute approximate surface area is 224 Å². The molecule has 5 rings (SSSR count). The largest absolute Gasteiger partial charge is 0.410 e. The molecule has 2 atom stereocenters. The van der Waals surface area contributed by atoms with Gasteiger partial charge in [-0.25, -0.2) is 23.2 Å². The number of amides is 4. The summed E-state index contributed by atoms with van der Waals surface area (Å²) >= 11 is 0. The Hall–Kier alpha value is -3.85. The molecular formula is C24H26F5N7O4.